The highest BCUT2D eigenvalue weighted by atomic mass is 16.5. The molecule has 2 aliphatic rings. The maximum atomic E-state index is 12.8. The van der Waals surface area contributed by atoms with Crippen LogP contribution >= 0.6 is 0 Å². The topological polar surface area (TPSA) is 58.6 Å². The van der Waals surface area contributed by atoms with Crippen molar-refractivity contribution in [2.45, 2.75) is 45.1 Å². The molecule has 1 aliphatic heterocycles. The van der Waals surface area contributed by atoms with Gasteiger partial charge in [0, 0.05) is 37.0 Å². The summed E-state index contributed by atoms with van der Waals surface area (Å²) in [5, 5.41) is 3.03. The summed E-state index contributed by atoms with van der Waals surface area (Å²) < 4.78 is 5.34. The molecule has 1 saturated heterocycles. The van der Waals surface area contributed by atoms with E-state index in [1.807, 2.05) is 29.2 Å². The van der Waals surface area contributed by atoms with Gasteiger partial charge in [-0.25, -0.2) is 0 Å². The minimum absolute atomic E-state index is 0.00292. The molecular formula is C20H28N2O3. The first-order chi connectivity index (χ1) is 12.2. The van der Waals surface area contributed by atoms with Crippen molar-refractivity contribution in [2.24, 2.45) is 11.8 Å². The Balaban J connectivity index is 1.63. The molecule has 0 radical (unpaired) electrons. The molecule has 1 aromatic rings. The first kappa shape index (κ1) is 17.8. The molecule has 0 aromatic heterocycles. The first-order valence-electron chi connectivity index (χ1n) is 9.39. The number of para-hydroxylation sites is 1. The van der Waals surface area contributed by atoms with Crippen LogP contribution in [0.5, 0.6) is 5.75 Å². The Hall–Kier alpha value is -2.04. The highest BCUT2D eigenvalue weighted by molar-refractivity contribution is 5.88. The highest BCUT2D eigenvalue weighted by Crippen LogP contribution is 2.32. The SMILES string of the molecule is COc1ccccc1CNC(=O)[C@@H]1CCCC[C@@H]1C(=O)N1CCCC1. The molecule has 136 valence electrons. The van der Waals surface area contributed by atoms with E-state index in [1.165, 1.54) is 0 Å². The third-order valence-electron chi connectivity index (χ3n) is 5.48. The lowest BCUT2D eigenvalue weighted by atomic mass is 9.78. The van der Waals surface area contributed by atoms with Crippen LogP contribution in [0.25, 0.3) is 0 Å². The molecule has 0 unspecified atom stereocenters. The van der Waals surface area contributed by atoms with Gasteiger partial charge in [-0.1, -0.05) is 31.0 Å². The molecule has 2 fully saturated rings. The quantitative estimate of drug-likeness (QED) is 0.893. The van der Waals surface area contributed by atoms with Gasteiger partial charge in [0.2, 0.25) is 11.8 Å². The first-order valence-corrected chi connectivity index (χ1v) is 9.39. The lowest BCUT2D eigenvalue weighted by Gasteiger charge is -2.32. The average molecular weight is 344 g/mol. The number of carbonyl (C=O) groups excluding carboxylic acids is 2. The molecular weight excluding hydrogens is 316 g/mol. The van der Waals surface area contributed by atoms with Crippen molar-refractivity contribution < 1.29 is 14.3 Å². The van der Waals surface area contributed by atoms with E-state index in [0.29, 0.717) is 6.54 Å². The van der Waals surface area contributed by atoms with Crippen LogP contribution < -0.4 is 10.1 Å². The fourth-order valence-corrected chi connectivity index (χ4v) is 4.07. The largest absolute Gasteiger partial charge is 0.496 e. The van der Waals surface area contributed by atoms with E-state index in [0.717, 1.165) is 62.9 Å². The molecule has 25 heavy (non-hydrogen) atoms. The summed E-state index contributed by atoms with van der Waals surface area (Å²) >= 11 is 0. The van der Waals surface area contributed by atoms with E-state index in [-0.39, 0.29) is 23.7 Å². The zero-order chi connectivity index (χ0) is 17.6. The summed E-state index contributed by atoms with van der Waals surface area (Å²) in [6, 6.07) is 7.69. The van der Waals surface area contributed by atoms with Crippen molar-refractivity contribution in [3.05, 3.63) is 29.8 Å². The maximum absolute atomic E-state index is 12.8. The van der Waals surface area contributed by atoms with Crippen molar-refractivity contribution >= 4 is 11.8 Å². The van der Waals surface area contributed by atoms with Crippen molar-refractivity contribution in [3.8, 4) is 5.75 Å². The predicted octanol–water partition coefficient (Wildman–Crippen LogP) is 2.74. The number of hydrogen-bond acceptors (Lipinski definition) is 3. The molecule has 1 aromatic carbocycles. The summed E-state index contributed by atoms with van der Waals surface area (Å²) in [5.41, 5.74) is 0.955. The van der Waals surface area contributed by atoms with Crippen LogP contribution in [0.1, 0.15) is 44.1 Å². The monoisotopic (exact) mass is 344 g/mol. The molecule has 0 bridgehead atoms. The second-order valence-corrected chi connectivity index (χ2v) is 7.06. The van der Waals surface area contributed by atoms with Crippen LogP contribution in [-0.4, -0.2) is 36.9 Å². The summed E-state index contributed by atoms with van der Waals surface area (Å²) in [6.45, 7) is 2.14. The van der Waals surface area contributed by atoms with Crippen molar-refractivity contribution in [1.29, 1.82) is 0 Å². The van der Waals surface area contributed by atoms with Gasteiger partial charge in [0.1, 0.15) is 5.75 Å². The number of carbonyl (C=O) groups is 2. The number of likely N-dealkylation sites (tertiary alicyclic amines) is 1. The molecule has 5 nitrogen and oxygen atoms in total. The minimum Gasteiger partial charge on any atom is -0.496 e. The number of ether oxygens (including phenoxy) is 1. The minimum atomic E-state index is -0.198. The van der Waals surface area contributed by atoms with Crippen molar-refractivity contribution in [1.82, 2.24) is 10.2 Å². The molecule has 1 aliphatic carbocycles. The molecule has 1 heterocycles. The summed E-state index contributed by atoms with van der Waals surface area (Å²) in [4.78, 5) is 27.5. The van der Waals surface area contributed by atoms with Gasteiger partial charge >= 0.3 is 0 Å². The van der Waals surface area contributed by atoms with Crippen LogP contribution in [0, 0.1) is 11.8 Å². The Labute approximate surface area is 149 Å². The van der Waals surface area contributed by atoms with Crippen molar-refractivity contribution in [2.75, 3.05) is 20.2 Å². The standard InChI is InChI=1S/C20H28N2O3/c1-25-18-11-5-2-8-15(18)14-21-19(23)16-9-3-4-10-17(16)20(24)22-12-6-7-13-22/h2,5,8,11,16-17H,3-4,6-7,9-10,12-14H2,1H3,(H,21,23)/t16-,17+/m1/s1. The zero-order valence-corrected chi connectivity index (χ0v) is 15.0. The third kappa shape index (κ3) is 4.14. The normalized spacial score (nSPS) is 23.3. The number of amides is 2. The van der Waals surface area contributed by atoms with Crippen LogP contribution in [0.2, 0.25) is 0 Å². The van der Waals surface area contributed by atoms with Gasteiger partial charge in [-0.15, -0.1) is 0 Å². The molecule has 2 atom stereocenters. The van der Waals surface area contributed by atoms with Gasteiger partial charge in [0.15, 0.2) is 0 Å². The Morgan fingerprint density at radius 2 is 1.76 bits per heavy atom. The Morgan fingerprint density at radius 1 is 1.08 bits per heavy atom. The second kappa shape index (κ2) is 8.37. The van der Waals surface area contributed by atoms with Gasteiger partial charge < -0.3 is 15.0 Å². The average Bonchev–Trinajstić information content (AvgIpc) is 3.20. The second-order valence-electron chi connectivity index (χ2n) is 7.06. The molecule has 2 amide bonds. The Bertz CT molecular complexity index is 611. The smallest absolute Gasteiger partial charge is 0.226 e. The van der Waals surface area contributed by atoms with Gasteiger partial charge in [-0.05, 0) is 31.7 Å². The van der Waals surface area contributed by atoms with Gasteiger partial charge in [-0.2, -0.15) is 0 Å². The van der Waals surface area contributed by atoms with Crippen molar-refractivity contribution in [3.63, 3.8) is 0 Å². The van der Waals surface area contributed by atoms with E-state index in [9.17, 15) is 9.59 Å². The molecule has 3 rings (SSSR count). The summed E-state index contributed by atoms with van der Waals surface area (Å²) in [5.74, 6) is 0.620. The van der Waals surface area contributed by atoms with Crippen LogP contribution in [-0.2, 0) is 16.1 Å². The number of nitrogens with zero attached hydrogens (tertiary/aromatic N) is 1. The molecule has 0 spiro atoms. The van der Waals surface area contributed by atoms with Crippen LogP contribution in [0.3, 0.4) is 0 Å². The van der Waals surface area contributed by atoms with Gasteiger partial charge in [0.05, 0.1) is 7.11 Å². The maximum Gasteiger partial charge on any atom is 0.226 e. The lowest BCUT2D eigenvalue weighted by Crippen LogP contribution is -2.44. The predicted molar refractivity (Wildman–Crippen MR) is 96.1 cm³/mol. The Morgan fingerprint density at radius 3 is 2.48 bits per heavy atom. The summed E-state index contributed by atoms with van der Waals surface area (Å²) in [6.07, 6.45) is 5.88. The van der Waals surface area contributed by atoms with Crippen LogP contribution in [0.4, 0.5) is 0 Å². The molecule has 5 heteroatoms. The van der Waals surface area contributed by atoms with E-state index in [4.69, 9.17) is 4.74 Å². The molecule has 1 N–H and O–H groups in total. The van der Waals surface area contributed by atoms with E-state index < -0.39 is 0 Å². The summed E-state index contributed by atoms with van der Waals surface area (Å²) in [7, 11) is 1.63. The number of rotatable bonds is 5. The number of benzene rings is 1. The number of nitrogens with one attached hydrogen (secondary N) is 1. The van der Waals surface area contributed by atoms with E-state index in [1.54, 1.807) is 7.11 Å². The molecule has 1 saturated carbocycles. The lowest BCUT2D eigenvalue weighted by molar-refractivity contribution is -0.142. The highest BCUT2D eigenvalue weighted by Gasteiger charge is 2.38. The Kier molecular flexibility index (Phi) is 5.95. The number of hydrogen-bond donors (Lipinski definition) is 1. The third-order valence-corrected chi connectivity index (χ3v) is 5.48. The van der Waals surface area contributed by atoms with E-state index in [2.05, 4.69) is 5.32 Å². The van der Waals surface area contributed by atoms with Gasteiger partial charge in [0.25, 0.3) is 0 Å². The fourth-order valence-electron chi connectivity index (χ4n) is 4.07. The van der Waals surface area contributed by atoms with Crippen LogP contribution in [0.15, 0.2) is 24.3 Å². The van der Waals surface area contributed by atoms with Gasteiger partial charge in [-0.3, -0.25) is 9.59 Å². The zero-order valence-electron chi connectivity index (χ0n) is 15.0. The van der Waals surface area contributed by atoms with E-state index >= 15 is 0 Å². The number of methoxy groups -OCH3 is 1. The fraction of sp³-hybridized carbons (Fsp3) is 0.600.